The van der Waals surface area contributed by atoms with Crippen LogP contribution in [0.15, 0.2) is 5.16 Å². The van der Waals surface area contributed by atoms with Gasteiger partial charge in [-0.1, -0.05) is 25.9 Å². The lowest BCUT2D eigenvalue weighted by molar-refractivity contribution is 0.135. The molecule has 0 aliphatic rings. The first-order valence-corrected chi connectivity index (χ1v) is 7.67. The van der Waals surface area contributed by atoms with Gasteiger partial charge in [0.05, 0.1) is 5.71 Å². The van der Waals surface area contributed by atoms with Crippen molar-refractivity contribution in [3.05, 3.63) is 0 Å². The summed E-state index contributed by atoms with van der Waals surface area (Å²) in [6.45, 7) is 6.15. The van der Waals surface area contributed by atoms with Gasteiger partial charge in [-0.15, -0.1) is 0 Å². The van der Waals surface area contributed by atoms with Crippen molar-refractivity contribution in [1.29, 1.82) is 0 Å². The molecule has 0 aromatic carbocycles. The highest BCUT2D eigenvalue weighted by Gasteiger charge is 2.20. The quantitative estimate of drug-likeness (QED) is 0.337. The Hall–Kier alpha value is -0.400. The number of hydrogen-bond donors (Lipinski definition) is 0. The average Bonchev–Trinajstić information content (AvgIpc) is 2.20. The molecule has 0 fully saturated rings. The molecule has 0 rings (SSSR count). The molecule has 0 aliphatic carbocycles. The molecule has 0 saturated heterocycles. The molecule has 0 aliphatic heterocycles. The highest BCUT2D eigenvalue weighted by atomic mass is 32.2. The minimum Gasteiger partial charge on any atom is -0.297 e. The van der Waals surface area contributed by atoms with Gasteiger partial charge in [-0.3, -0.25) is 4.84 Å². The van der Waals surface area contributed by atoms with Crippen LogP contribution in [0.4, 0.5) is 4.79 Å². The smallest absolute Gasteiger partial charge is 0.297 e. The fourth-order valence-electron chi connectivity index (χ4n) is 0.946. The summed E-state index contributed by atoms with van der Waals surface area (Å²) in [4.78, 5) is 16.6. The topological polar surface area (TPSA) is 45.1 Å². The van der Waals surface area contributed by atoms with E-state index in [2.05, 4.69) is 5.16 Å². The number of hydrogen-bond acceptors (Lipinski definition) is 6. The molecule has 0 heterocycles. The Bertz CT molecular complexity index is 301. The predicted octanol–water partition coefficient (Wildman–Crippen LogP) is 2.94. The lowest BCUT2D eigenvalue weighted by atomic mass is 9.91. The first-order valence-electron chi connectivity index (χ1n) is 5.55. The minimum absolute atomic E-state index is 0.101. The maximum atomic E-state index is 11.7. The number of nitrogens with zero attached hydrogens (tertiary/aromatic N) is 3. The van der Waals surface area contributed by atoms with Crippen molar-refractivity contribution < 1.29 is 9.63 Å². The summed E-state index contributed by atoms with van der Waals surface area (Å²) in [6.07, 6.45) is 1.52. The number of oxime groups is 1. The predicted molar refractivity (Wildman–Crippen MR) is 80.8 cm³/mol. The Balaban J connectivity index is 4.53. The van der Waals surface area contributed by atoms with Crippen molar-refractivity contribution in [3.63, 3.8) is 0 Å². The van der Waals surface area contributed by atoms with Crippen LogP contribution in [0, 0.1) is 5.41 Å². The van der Waals surface area contributed by atoms with E-state index in [0.717, 1.165) is 11.5 Å². The molecule has 18 heavy (non-hydrogen) atoms. The monoisotopic (exact) mass is 293 g/mol. The second kappa shape index (κ2) is 7.91. The summed E-state index contributed by atoms with van der Waals surface area (Å²) in [7, 11) is 5.35. The fraction of sp³-hybridized carbons (Fsp3) is 0.818. The van der Waals surface area contributed by atoms with E-state index in [4.69, 9.17) is 4.84 Å². The molecule has 0 aromatic heterocycles. The molecule has 0 unspecified atom stereocenters. The van der Waals surface area contributed by atoms with Crippen molar-refractivity contribution in [3.8, 4) is 0 Å². The molecule has 5 nitrogen and oxygen atoms in total. The van der Waals surface area contributed by atoms with Gasteiger partial charge in [0, 0.05) is 30.3 Å². The SMILES string of the molecule is CSCC(=NOC(=O)N(C)SN(C)C)C(C)(C)C. The third-order valence-corrected chi connectivity index (χ3v) is 3.21. The summed E-state index contributed by atoms with van der Waals surface area (Å²) in [5.41, 5.74) is 0.767. The highest BCUT2D eigenvalue weighted by Crippen LogP contribution is 2.19. The Kier molecular flexibility index (Phi) is 7.73. The van der Waals surface area contributed by atoms with E-state index < -0.39 is 6.09 Å². The lowest BCUT2D eigenvalue weighted by Crippen LogP contribution is -2.26. The molecular weight excluding hydrogens is 270 g/mol. The number of carbonyl (C=O) groups excluding carboxylic acids is 1. The lowest BCUT2D eigenvalue weighted by Gasteiger charge is -2.21. The molecule has 0 radical (unpaired) electrons. The van der Waals surface area contributed by atoms with Crippen molar-refractivity contribution in [1.82, 2.24) is 8.61 Å². The molecular formula is C11H23N3O2S2. The van der Waals surface area contributed by atoms with Gasteiger partial charge >= 0.3 is 6.09 Å². The van der Waals surface area contributed by atoms with Crippen LogP contribution in [-0.2, 0) is 4.84 Å². The molecule has 0 saturated carbocycles. The standard InChI is InChI=1S/C11H23N3O2S2/c1-11(2,3)9(8-17-7)12-16-10(15)14(6)18-13(4)5/h8H2,1-7H3. The molecule has 0 N–H and O–H groups in total. The van der Waals surface area contributed by atoms with Crippen LogP contribution in [0.3, 0.4) is 0 Å². The van der Waals surface area contributed by atoms with Crippen molar-refractivity contribution >= 4 is 35.7 Å². The summed E-state index contributed by atoms with van der Waals surface area (Å²) in [5.74, 6) is 0.751. The van der Waals surface area contributed by atoms with Gasteiger partial charge in [0.15, 0.2) is 0 Å². The van der Waals surface area contributed by atoms with E-state index in [0.29, 0.717) is 0 Å². The summed E-state index contributed by atoms with van der Waals surface area (Å²) < 4.78 is 3.19. The molecule has 0 aromatic rings. The van der Waals surface area contributed by atoms with Gasteiger partial charge in [-0.05, 0) is 20.4 Å². The third kappa shape index (κ3) is 7.13. The molecule has 1 amide bonds. The maximum Gasteiger partial charge on any atom is 0.446 e. The van der Waals surface area contributed by atoms with Gasteiger partial charge in [0.2, 0.25) is 0 Å². The van der Waals surface area contributed by atoms with Crippen LogP contribution >= 0.6 is 23.9 Å². The first kappa shape index (κ1) is 17.6. The van der Waals surface area contributed by atoms with Gasteiger partial charge in [0.25, 0.3) is 0 Å². The molecule has 0 bridgehead atoms. The molecule has 106 valence electrons. The Morgan fingerprint density at radius 3 is 2.22 bits per heavy atom. The van der Waals surface area contributed by atoms with Gasteiger partial charge in [-0.2, -0.15) is 11.8 Å². The van der Waals surface area contributed by atoms with Crippen LogP contribution in [0.5, 0.6) is 0 Å². The van der Waals surface area contributed by atoms with Crippen molar-refractivity contribution in [2.24, 2.45) is 10.6 Å². The largest absolute Gasteiger partial charge is 0.446 e. The van der Waals surface area contributed by atoms with Gasteiger partial charge in [0.1, 0.15) is 0 Å². The van der Waals surface area contributed by atoms with Crippen LogP contribution in [-0.4, -0.2) is 53.6 Å². The normalized spacial score (nSPS) is 12.8. The third-order valence-electron chi connectivity index (χ3n) is 1.92. The Labute approximate surface area is 119 Å². The number of amides is 1. The van der Waals surface area contributed by atoms with E-state index in [-0.39, 0.29) is 5.41 Å². The highest BCUT2D eigenvalue weighted by molar-refractivity contribution is 7.99. The van der Waals surface area contributed by atoms with Crippen molar-refractivity contribution in [2.75, 3.05) is 33.2 Å². The summed E-state index contributed by atoms with van der Waals surface area (Å²) in [5, 5.41) is 3.99. The van der Waals surface area contributed by atoms with E-state index in [1.54, 1.807) is 23.1 Å². The second-order valence-corrected chi connectivity index (χ2v) is 7.28. The average molecular weight is 293 g/mol. The van der Waals surface area contributed by atoms with Crippen LogP contribution in [0.25, 0.3) is 0 Å². The maximum absolute atomic E-state index is 11.7. The molecule has 7 heteroatoms. The summed E-state index contributed by atoms with van der Waals surface area (Å²) >= 11 is 2.91. The molecule has 0 atom stereocenters. The van der Waals surface area contributed by atoms with E-state index in [1.807, 2.05) is 41.1 Å². The van der Waals surface area contributed by atoms with E-state index >= 15 is 0 Å². The summed E-state index contributed by atoms with van der Waals surface area (Å²) in [6, 6.07) is 0. The zero-order chi connectivity index (χ0) is 14.3. The first-order chi connectivity index (χ1) is 8.18. The molecule has 0 spiro atoms. The van der Waals surface area contributed by atoms with Crippen LogP contribution in [0.1, 0.15) is 20.8 Å². The van der Waals surface area contributed by atoms with Gasteiger partial charge < -0.3 is 0 Å². The van der Waals surface area contributed by atoms with E-state index in [9.17, 15) is 4.79 Å². The zero-order valence-corrected chi connectivity index (χ0v) is 13.8. The van der Waals surface area contributed by atoms with Crippen LogP contribution < -0.4 is 0 Å². The number of rotatable bonds is 5. The fourth-order valence-corrected chi connectivity index (χ4v) is 2.30. The second-order valence-electron chi connectivity index (χ2n) is 4.97. The zero-order valence-electron chi connectivity index (χ0n) is 12.2. The van der Waals surface area contributed by atoms with Gasteiger partial charge in [-0.25, -0.2) is 13.4 Å². The Morgan fingerprint density at radius 2 is 1.83 bits per heavy atom. The minimum atomic E-state index is -0.475. The Morgan fingerprint density at radius 1 is 1.28 bits per heavy atom. The van der Waals surface area contributed by atoms with Crippen LogP contribution in [0.2, 0.25) is 0 Å². The van der Waals surface area contributed by atoms with Crippen molar-refractivity contribution in [2.45, 2.75) is 20.8 Å². The number of carbonyl (C=O) groups is 1. The number of thioether (sulfide) groups is 1. The van der Waals surface area contributed by atoms with E-state index in [1.165, 1.54) is 16.4 Å².